The van der Waals surface area contributed by atoms with Crippen molar-refractivity contribution in [1.82, 2.24) is 10.2 Å². The minimum atomic E-state index is -4.76. The van der Waals surface area contributed by atoms with Gasteiger partial charge >= 0.3 is 12.2 Å². The van der Waals surface area contributed by atoms with Gasteiger partial charge in [0.25, 0.3) is 5.91 Å². The number of hydrogen-bond donors (Lipinski definition) is 1. The second-order valence-corrected chi connectivity index (χ2v) is 6.63. The van der Waals surface area contributed by atoms with Gasteiger partial charge in [-0.25, -0.2) is 9.69 Å². The van der Waals surface area contributed by atoms with E-state index in [1.807, 2.05) is 0 Å². The van der Waals surface area contributed by atoms with Gasteiger partial charge in [-0.2, -0.15) is 18.4 Å². The summed E-state index contributed by atoms with van der Waals surface area (Å²) in [6, 6.07) is 3.39. The molecule has 1 aromatic rings. The number of imide groups is 1. The van der Waals surface area contributed by atoms with Crippen LogP contribution in [0.15, 0.2) is 18.2 Å². The summed E-state index contributed by atoms with van der Waals surface area (Å²) in [5.41, 5.74) is -2.97. The summed E-state index contributed by atoms with van der Waals surface area (Å²) in [7, 11) is 0. The zero-order valence-electron chi connectivity index (χ0n) is 13.1. The zero-order chi connectivity index (χ0) is 18.1. The van der Waals surface area contributed by atoms with Crippen LogP contribution in [-0.2, 0) is 11.0 Å². The van der Waals surface area contributed by atoms with Crippen LogP contribution in [0.2, 0.25) is 0 Å². The molecule has 0 aromatic heterocycles. The molecule has 4 rings (SSSR count). The lowest BCUT2D eigenvalue weighted by molar-refractivity contribution is -0.137. The highest BCUT2D eigenvalue weighted by atomic mass is 19.4. The molecule has 1 N–H and O–H groups in total. The van der Waals surface area contributed by atoms with Gasteiger partial charge < -0.3 is 10.2 Å². The van der Waals surface area contributed by atoms with Crippen molar-refractivity contribution in [3.63, 3.8) is 0 Å². The standard InChI is InChI=1S/C16H13F3N4O2/c1-15-12-5-10(7-21-12)23(15)14(25)22(13(15)24)9-3-2-8(6-20)11(4-9)16(17,18)19/h2-4,10,12,21H,5,7H2,1H3/t10?,12?,15-/m1/s1. The number of nitrogens with zero attached hydrogens (tertiary/aromatic N) is 3. The Hall–Kier alpha value is -2.60. The fraction of sp³-hybridized carbons (Fsp3) is 0.438. The van der Waals surface area contributed by atoms with Gasteiger partial charge in [0, 0.05) is 18.6 Å². The Morgan fingerprint density at radius 2 is 2.08 bits per heavy atom. The number of fused-ring (bicyclic) bond motifs is 5. The van der Waals surface area contributed by atoms with Crippen LogP contribution in [0.5, 0.6) is 0 Å². The minimum absolute atomic E-state index is 0.142. The van der Waals surface area contributed by atoms with Crippen molar-refractivity contribution in [1.29, 1.82) is 5.26 Å². The van der Waals surface area contributed by atoms with Crippen molar-refractivity contribution in [3.05, 3.63) is 29.3 Å². The normalized spacial score (nSPS) is 30.8. The summed E-state index contributed by atoms with van der Waals surface area (Å²) in [6.07, 6.45) is -4.10. The molecule has 3 heterocycles. The lowest BCUT2D eigenvalue weighted by Gasteiger charge is -2.35. The Balaban J connectivity index is 1.80. The molecule has 3 aliphatic rings. The third-order valence-corrected chi connectivity index (χ3v) is 5.37. The number of carbonyl (C=O) groups is 2. The van der Waals surface area contributed by atoms with Crippen LogP contribution in [0.4, 0.5) is 23.7 Å². The molecule has 9 heteroatoms. The molecular formula is C16H13F3N4O2. The second-order valence-electron chi connectivity index (χ2n) is 6.63. The fourth-order valence-corrected chi connectivity index (χ4v) is 4.15. The van der Waals surface area contributed by atoms with Gasteiger partial charge in [0.2, 0.25) is 0 Å². The first-order chi connectivity index (χ1) is 11.7. The maximum Gasteiger partial charge on any atom is 0.417 e. The molecule has 0 saturated carbocycles. The summed E-state index contributed by atoms with van der Waals surface area (Å²) in [4.78, 5) is 27.9. The number of hydrogen-bond acceptors (Lipinski definition) is 4. The number of anilines is 1. The maximum atomic E-state index is 13.2. The van der Waals surface area contributed by atoms with Gasteiger partial charge in [-0.3, -0.25) is 4.79 Å². The van der Waals surface area contributed by atoms with E-state index in [1.54, 1.807) is 6.92 Å². The Kier molecular flexibility index (Phi) is 3.01. The van der Waals surface area contributed by atoms with Gasteiger partial charge in [0.05, 0.1) is 22.9 Å². The number of carbonyl (C=O) groups excluding carboxylic acids is 2. The number of amides is 3. The molecule has 0 spiro atoms. The monoisotopic (exact) mass is 350 g/mol. The van der Waals surface area contributed by atoms with E-state index in [-0.39, 0.29) is 17.8 Å². The van der Waals surface area contributed by atoms with E-state index < -0.39 is 34.8 Å². The van der Waals surface area contributed by atoms with Crippen LogP contribution in [0.1, 0.15) is 24.5 Å². The average Bonchev–Trinajstić information content (AvgIpc) is 3.18. The van der Waals surface area contributed by atoms with E-state index in [1.165, 1.54) is 17.0 Å². The molecule has 2 bridgehead atoms. The Morgan fingerprint density at radius 1 is 1.36 bits per heavy atom. The Labute approximate surface area is 140 Å². The third-order valence-electron chi connectivity index (χ3n) is 5.37. The highest BCUT2D eigenvalue weighted by Crippen LogP contribution is 2.46. The molecule has 2 unspecified atom stereocenters. The smallest absolute Gasteiger partial charge is 0.309 e. The van der Waals surface area contributed by atoms with Crippen molar-refractivity contribution >= 4 is 17.6 Å². The van der Waals surface area contributed by atoms with Gasteiger partial charge in [0.15, 0.2) is 0 Å². The third kappa shape index (κ3) is 1.88. The number of benzene rings is 1. The van der Waals surface area contributed by atoms with E-state index in [0.29, 0.717) is 19.0 Å². The molecule has 130 valence electrons. The van der Waals surface area contributed by atoms with Gasteiger partial charge in [-0.1, -0.05) is 0 Å². The van der Waals surface area contributed by atoms with Crippen LogP contribution >= 0.6 is 0 Å². The average molecular weight is 350 g/mol. The van der Waals surface area contributed by atoms with Crippen LogP contribution in [0, 0.1) is 11.3 Å². The van der Waals surface area contributed by atoms with E-state index in [4.69, 9.17) is 5.26 Å². The first kappa shape index (κ1) is 15.9. The molecule has 3 atom stereocenters. The number of urea groups is 1. The Morgan fingerprint density at radius 3 is 2.68 bits per heavy atom. The first-order valence-electron chi connectivity index (χ1n) is 7.72. The summed E-state index contributed by atoms with van der Waals surface area (Å²) in [6.45, 7) is 2.20. The number of alkyl halides is 3. The second kappa shape index (κ2) is 4.73. The Bertz CT molecular complexity index is 847. The molecule has 3 amide bonds. The van der Waals surface area contributed by atoms with E-state index >= 15 is 0 Å². The summed E-state index contributed by atoms with van der Waals surface area (Å²) in [5, 5.41) is 12.1. The molecule has 6 nitrogen and oxygen atoms in total. The zero-order valence-corrected chi connectivity index (χ0v) is 13.1. The van der Waals surface area contributed by atoms with Crippen molar-refractivity contribution < 1.29 is 22.8 Å². The van der Waals surface area contributed by atoms with E-state index in [9.17, 15) is 22.8 Å². The summed E-state index contributed by atoms with van der Waals surface area (Å²) >= 11 is 0. The highest BCUT2D eigenvalue weighted by Gasteiger charge is 2.67. The first-order valence-corrected chi connectivity index (χ1v) is 7.72. The lowest BCUT2D eigenvalue weighted by atomic mass is 9.93. The number of piperazine rings is 1. The minimum Gasteiger partial charge on any atom is -0.309 e. The van der Waals surface area contributed by atoms with E-state index in [0.717, 1.165) is 11.0 Å². The van der Waals surface area contributed by atoms with Crippen LogP contribution in [0.3, 0.4) is 0 Å². The van der Waals surface area contributed by atoms with Gasteiger partial charge in [0.1, 0.15) is 5.54 Å². The maximum absolute atomic E-state index is 13.2. The van der Waals surface area contributed by atoms with Gasteiger partial charge in [-0.05, 0) is 31.5 Å². The quantitative estimate of drug-likeness (QED) is 0.785. The fourth-order valence-electron chi connectivity index (χ4n) is 4.15. The number of rotatable bonds is 1. The molecule has 3 saturated heterocycles. The molecule has 1 aromatic carbocycles. The molecule has 0 radical (unpaired) electrons. The van der Waals surface area contributed by atoms with Crippen LogP contribution in [-0.4, -0.2) is 41.0 Å². The van der Waals surface area contributed by atoms with Crippen LogP contribution < -0.4 is 10.2 Å². The van der Waals surface area contributed by atoms with Crippen molar-refractivity contribution in [2.24, 2.45) is 0 Å². The number of halogens is 3. The topological polar surface area (TPSA) is 76.4 Å². The number of nitrogens with one attached hydrogen (secondary N) is 1. The molecular weight excluding hydrogens is 337 g/mol. The lowest BCUT2D eigenvalue weighted by Crippen LogP contribution is -2.60. The highest BCUT2D eigenvalue weighted by molar-refractivity contribution is 6.24. The SMILES string of the molecule is C[C@@]12C(=O)N(c3ccc(C#N)c(C(F)(F)F)c3)C(=O)N1C1CNC2C1. The molecule has 3 fully saturated rings. The molecule has 25 heavy (non-hydrogen) atoms. The van der Waals surface area contributed by atoms with E-state index in [2.05, 4.69) is 5.32 Å². The predicted octanol–water partition coefficient (Wildman–Crippen LogP) is 1.85. The molecule has 0 aliphatic carbocycles. The largest absolute Gasteiger partial charge is 0.417 e. The van der Waals surface area contributed by atoms with Crippen molar-refractivity contribution in [2.45, 2.75) is 37.1 Å². The van der Waals surface area contributed by atoms with Crippen molar-refractivity contribution in [3.8, 4) is 6.07 Å². The van der Waals surface area contributed by atoms with Crippen LogP contribution in [0.25, 0.3) is 0 Å². The molecule has 3 aliphatic heterocycles. The number of nitriles is 1. The summed E-state index contributed by atoms with van der Waals surface area (Å²) in [5.74, 6) is -0.546. The van der Waals surface area contributed by atoms with Crippen molar-refractivity contribution in [2.75, 3.05) is 11.4 Å². The van der Waals surface area contributed by atoms with Gasteiger partial charge in [-0.15, -0.1) is 0 Å². The predicted molar refractivity (Wildman–Crippen MR) is 79.5 cm³/mol. The summed E-state index contributed by atoms with van der Waals surface area (Å²) < 4.78 is 39.5.